The minimum Gasteiger partial charge on any atom is -0.480 e. The SMILES string of the molecule is C/N=C(\N1CC(CCCB(O)O)C(N)(C(=O)O)C1)N(C)C1CNC1. The molecule has 0 aromatic carbocycles. The van der Waals surface area contributed by atoms with Crippen LogP contribution in [0.4, 0.5) is 0 Å². The van der Waals surface area contributed by atoms with Crippen LogP contribution < -0.4 is 11.1 Å². The molecule has 9 nitrogen and oxygen atoms in total. The predicted octanol–water partition coefficient (Wildman–Crippen LogP) is -2.16. The first kappa shape index (κ1) is 19.0. The third-order valence-electron chi connectivity index (χ3n) is 5.14. The molecular weight excluding hydrogens is 313 g/mol. The predicted molar refractivity (Wildman–Crippen MR) is 91.6 cm³/mol. The molecule has 0 bridgehead atoms. The smallest absolute Gasteiger partial charge is 0.451 e. The Labute approximate surface area is 142 Å². The van der Waals surface area contributed by atoms with Crippen molar-refractivity contribution >= 4 is 19.0 Å². The normalized spacial score (nSPS) is 28.0. The first-order valence-corrected chi connectivity index (χ1v) is 8.33. The van der Waals surface area contributed by atoms with E-state index in [-0.39, 0.29) is 18.8 Å². The molecule has 2 unspecified atom stereocenters. The number of aliphatic carboxylic acids is 1. The summed E-state index contributed by atoms with van der Waals surface area (Å²) in [6, 6.07) is 0.351. The molecule has 2 atom stereocenters. The van der Waals surface area contributed by atoms with Crippen molar-refractivity contribution in [1.82, 2.24) is 15.1 Å². The topological polar surface area (TPSA) is 135 Å². The van der Waals surface area contributed by atoms with E-state index < -0.39 is 18.6 Å². The van der Waals surface area contributed by atoms with E-state index in [0.29, 0.717) is 25.4 Å². The molecule has 0 spiro atoms. The summed E-state index contributed by atoms with van der Waals surface area (Å²) >= 11 is 0. The molecule has 0 aromatic heterocycles. The summed E-state index contributed by atoms with van der Waals surface area (Å²) < 4.78 is 0. The van der Waals surface area contributed by atoms with Crippen LogP contribution in [0, 0.1) is 5.92 Å². The van der Waals surface area contributed by atoms with E-state index >= 15 is 0 Å². The largest absolute Gasteiger partial charge is 0.480 e. The van der Waals surface area contributed by atoms with Crippen LogP contribution in [0.15, 0.2) is 4.99 Å². The van der Waals surface area contributed by atoms with Gasteiger partial charge in [0.25, 0.3) is 0 Å². The van der Waals surface area contributed by atoms with Crippen molar-refractivity contribution in [3.8, 4) is 0 Å². The number of carboxylic acid groups (broad SMARTS) is 1. The fourth-order valence-corrected chi connectivity index (χ4v) is 3.46. The molecule has 0 aromatic rings. The van der Waals surface area contributed by atoms with Crippen LogP contribution in [0.1, 0.15) is 12.8 Å². The summed E-state index contributed by atoms with van der Waals surface area (Å²) in [6.07, 6.45) is 1.26. The monoisotopic (exact) mass is 341 g/mol. The van der Waals surface area contributed by atoms with E-state index in [4.69, 9.17) is 15.8 Å². The van der Waals surface area contributed by atoms with Crippen molar-refractivity contribution < 1.29 is 19.9 Å². The van der Waals surface area contributed by atoms with Crippen LogP contribution in [0.2, 0.25) is 6.32 Å². The highest BCUT2D eigenvalue weighted by molar-refractivity contribution is 6.40. The molecule has 2 rings (SSSR count). The zero-order valence-corrected chi connectivity index (χ0v) is 14.4. The number of carboxylic acids is 1. The van der Waals surface area contributed by atoms with E-state index in [1.54, 1.807) is 7.05 Å². The minimum atomic E-state index is -1.37. The highest BCUT2D eigenvalue weighted by Gasteiger charge is 2.50. The second kappa shape index (κ2) is 7.69. The van der Waals surface area contributed by atoms with Crippen LogP contribution in [-0.4, -0.2) is 95.9 Å². The number of likely N-dealkylation sites (tertiary alicyclic amines) is 1. The van der Waals surface area contributed by atoms with E-state index in [1.165, 1.54) is 0 Å². The van der Waals surface area contributed by atoms with Gasteiger partial charge in [-0.05, 0) is 12.7 Å². The van der Waals surface area contributed by atoms with Crippen molar-refractivity contribution in [3.05, 3.63) is 0 Å². The van der Waals surface area contributed by atoms with Gasteiger partial charge in [0.2, 0.25) is 0 Å². The fourth-order valence-electron chi connectivity index (χ4n) is 3.46. The lowest BCUT2D eigenvalue weighted by atomic mass is 9.78. The third-order valence-corrected chi connectivity index (χ3v) is 5.14. The second-order valence-corrected chi connectivity index (χ2v) is 6.78. The number of guanidine groups is 1. The van der Waals surface area contributed by atoms with Crippen LogP contribution in [0.3, 0.4) is 0 Å². The molecule has 2 fully saturated rings. The summed E-state index contributed by atoms with van der Waals surface area (Å²) in [6.45, 7) is 2.47. The first-order chi connectivity index (χ1) is 11.3. The molecule has 10 heteroatoms. The van der Waals surface area contributed by atoms with Crippen LogP contribution in [0.5, 0.6) is 0 Å². The maximum atomic E-state index is 11.7. The number of aliphatic imine (C=N–C) groups is 1. The molecule has 2 saturated heterocycles. The number of nitrogens with zero attached hydrogens (tertiary/aromatic N) is 3. The van der Waals surface area contributed by atoms with Gasteiger partial charge >= 0.3 is 13.1 Å². The Morgan fingerprint density at radius 2 is 2.17 bits per heavy atom. The summed E-state index contributed by atoms with van der Waals surface area (Å²) in [4.78, 5) is 20.1. The molecule has 0 saturated carbocycles. The highest BCUT2D eigenvalue weighted by Crippen LogP contribution is 2.31. The average molecular weight is 341 g/mol. The van der Waals surface area contributed by atoms with Gasteiger partial charge in [-0.15, -0.1) is 0 Å². The number of hydrogen-bond acceptors (Lipinski definition) is 6. The molecule has 2 aliphatic rings. The number of nitrogens with two attached hydrogens (primary N) is 1. The zero-order valence-electron chi connectivity index (χ0n) is 14.4. The third kappa shape index (κ3) is 3.82. The molecule has 24 heavy (non-hydrogen) atoms. The highest BCUT2D eigenvalue weighted by atomic mass is 16.4. The van der Waals surface area contributed by atoms with Crippen molar-refractivity contribution in [1.29, 1.82) is 0 Å². The number of hydrogen-bond donors (Lipinski definition) is 5. The molecule has 136 valence electrons. The number of likely N-dealkylation sites (N-methyl/N-ethyl adjacent to an activating group) is 1. The van der Waals surface area contributed by atoms with Gasteiger partial charge in [-0.2, -0.15) is 0 Å². The molecule has 0 aliphatic carbocycles. The van der Waals surface area contributed by atoms with Gasteiger partial charge in [-0.3, -0.25) is 9.79 Å². The Hall–Kier alpha value is -1.36. The summed E-state index contributed by atoms with van der Waals surface area (Å²) in [5.41, 5.74) is 4.86. The molecule has 2 heterocycles. The van der Waals surface area contributed by atoms with Gasteiger partial charge in [-0.1, -0.05) is 6.42 Å². The fraction of sp³-hybridized carbons (Fsp3) is 0.857. The van der Waals surface area contributed by atoms with Gasteiger partial charge in [0.15, 0.2) is 5.96 Å². The van der Waals surface area contributed by atoms with Crippen molar-refractivity contribution in [2.45, 2.75) is 30.7 Å². The first-order valence-electron chi connectivity index (χ1n) is 8.33. The average Bonchev–Trinajstić information content (AvgIpc) is 2.76. The van der Waals surface area contributed by atoms with Crippen molar-refractivity contribution in [2.24, 2.45) is 16.6 Å². The lowest BCUT2D eigenvalue weighted by molar-refractivity contribution is -0.144. The van der Waals surface area contributed by atoms with Crippen molar-refractivity contribution in [3.63, 3.8) is 0 Å². The van der Waals surface area contributed by atoms with Gasteiger partial charge in [0.1, 0.15) is 5.54 Å². The van der Waals surface area contributed by atoms with Gasteiger partial charge in [-0.25, -0.2) is 0 Å². The lowest BCUT2D eigenvalue weighted by Crippen LogP contribution is -2.60. The molecule has 6 N–H and O–H groups in total. The standard InChI is InChI=1S/C14H28BN5O4/c1-17-13(19(2)11-6-18-7-11)20-8-10(4-3-5-15(23)24)14(16,9-20)12(21)22/h10-11,18,23-24H,3-9,16H2,1-2H3,(H,21,22)/b17-13-. The molecule has 0 radical (unpaired) electrons. The van der Waals surface area contributed by atoms with E-state index in [9.17, 15) is 9.90 Å². The quantitative estimate of drug-likeness (QED) is 0.210. The van der Waals surface area contributed by atoms with Crippen LogP contribution in [0.25, 0.3) is 0 Å². The Balaban J connectivity index is 2.08. The molecule has 2 aliphatic heterocycles. The lowest BCUT2D eigenvalue weighted by Gasteiger charge is -2.40. The number of rotatable bonds is 6. The maximum Gasteiger partial charge on any atom is 0.451 e. The summed E-state index contributed by atoms with van der Waals surface area (Å²) in [5.74, 6) is -0.538. The summed E-state index contributed by atoms with van der Waals surface area (Å²) in [7, 11) is 2.29. The van der Waals surface area contributed by atoms with Crippen LogP contribution in [-0.2, 0) is 4.79 Å². The summed E-state index contributed by atoms with van der Waals surface area (Å²) in [5, 5.41) is 30.8. The van der Waals surface area contributed by atoms with E-state index in [0.717, 1.165) is 19.0 Å². The zero-order chi connectivity index (χ0) is 17.9. The second-order valence-electron chi connectivity index (χ2n) is 6.78. The van der Waals surface area contributed by atoms with Crippen molar-refractivity contribution in [2.75, 3.05) is 40.3 Å². The van der Waals surface area contributed by atoms with E-state index in [2.05, 4.69) is 15.2 Å². The number of carbonyl (C=O) groups is 1. The Bertz CT molecular complexity index is 488. The Morgan fingerprint density at radius 3 is 2.62 bits per heavy atom. The van der Waals surface area contributed by atoms with Gasteiger partial charge in [0, 0.05) is 46.2 Å². The number of nitrogens with one attached hydrogen (secondary N) is 1. The molecular formula is C14H28BN5O4. The Morgan fingerprint density at radius 1 is 1.50 bits per heavy atom. The Kier molecular flexibility index (Phi) is 6.08. The molecule has 0 amide bonds. The van der Waals surface area contributed by atoms with Gasteiger partial charge < -0.3 is 36.0 Å². The minimum absolute atomic E-state index is 0.200. The maximum absolute atomic E-state index is 11.7. The van der Waals surface area contributed by atoms with Gasteiger partial charge in [0.05, 0.1) is 6.04 Å². The van der Waals surface area contributed by atoms with E-state index in [1.807, 2.05) is 11.9 Å². The van der Waals surface area contributed by atoms with Crippen LogP contribution >= 0.6 is 0 Å².